The molecule has 0 aliphatic heterocycles. The zero-order chi connectivity index (χ0) is 16.9. The van der Waals surface area contributed by atoms with Crippen LogP contribution < -0.4 is 0 Å². The van der Waals surface area contributed by atoms with Crippen LogP contribution >= 0.6 is 0 Å². The summed E-state index contributed by atoms with van der Waals surface area (Å²) in [4.78, 5) is 0. The lowest BCUT2D eigenvalue weighted by Crippen LogP contribution is -1.89. The molecule has 0 N–H and O–H groups in total. The van der Waals surface area contributed by atoms with Gasteiger partial charge in [-0.3, -0.25) is 0 Å². The Hall–Kier alpha value is -2.82. The second-order valence-electron chi connectivity index (χ2n) is 6.21. The van der Waals surface area contributed by atoms with E-state index >= 15 is 0 Å². The second kappa shape index (κ2) is 7.17. The fraction of sp³-hybridized carbons (Fsp3) is 0.125. The average molecular weight is 310 g/mol. The first kappa shape index (κ1) is 16.1. The molecule has 0 heteroatoms. The third-order valence-electron chi connectivity index (χ3n) is 4.22. The first-order chi connectivity index (χ1) is 11.6. The lowest BCUT2D eigenvalue weighted by atomic mass is 9.96. The van der Waals surface area contributed by atoms with Crippen LogP contribution in [0, 0.1) is 20.8 Å². The summed E-state index contributed by atoms with van der Waals surface area (Å²) in [5.41, 5.74) is 12.2. The molecule has 0 saturated carbocycles. The quantitative estimate of drug-likeness (QED) is 0.494. The van der Waals surface area contributed by atoms with Crippen molar-refractivity contribution in [2.24, 2.45) is 0 Å². The van der Waals surface area contributed by atoms with Crippen molar-refractivity contribution in [1.29, 1.82) is 0 Å². The molecule has 0 heterocycles. The maximum atomic E-state index is 3.56. The van der Waals surface area contributed by atoms with Crippen molar-refractivity contribution in [3.8, 4) is 0 Å². The van der Waals surface area contributed by atoms with Gasteiger partial charge in [0.1, 0.15) is 0 Å². The Morgan fingerprint density at radius 2 is 1.17 bits per heavy atom. The van der Waals surface area contributed by atoms with Crippen LogP contribution in [0.5, 0.6) is 0 Å². The second-order valence-corrected chi connectivity index (χ2v) is 6.21. The van der Waals surface area contributed by atoms with E-state index in [-0.39, 0.29) is 0 Å². The molecule has 0 atom stereocenters. The molecule has 0 amide bonds. The monoisotopic (exact) mass is 310 g/mol. The highest BCUT2D eigenvalue weighted by molar-refractivity contribution is 5.81. The van der Waals surface area contributed by atoms with Crippen LogP contribution in [0.1, 0.15) is 33.4 Å². The first-order valence-corrected chi connectivity index (χ1v) is 8.30. The van der Waals surface area contributed by atoms with Crippen molar-refractivity contribution >= 4 is 11.6 Å². The number of rotatable bonds is 3. The average Bonchev–Trinajstić information content (AvgIpc) is 2.59. The van der Waals surface area contributed by atoms with Crippen LogP contribution in [0.25, 0.3) is 11.6 Å². The zero-order valence-electron chi connectivity index (χ0n) is 14.5. The molecule has 3 aromatic rings. The van der Waals surface area contributed by atoms with Gasteiger partial charge >= 0.3 is 0 Å². The summed E-state index contributed by atoms with van der Waals surface area (Å²) in [6.45, 7) is 6.47. The standard InChI is InChI=1S/C24H22/c1-18-16-19(2)23(20(3)17-18)14-15-24(21-10-6-4-7-11-21)22-12-8-5-9-13-22/h4-14,16-17H,1-3H3. The Kier molecular flexibility index (Phi) is 4.79. The molecular weight excluding hydrogens is 288 g/mol. The summed E-state index contributed by atoms with van der Waals surface area (Å²) in [6, 6.07) is 25.4. The molecule has 3 aromatic carbocycles. The Morgan fingerprint density at radius 1 is 0.708 bits per heavy atom. The van der Waals surface area contributed by atoms with Gasteiger partial charge in [0.2, 0.25) is 0 Å². The van der Waals surface area contributed by atoms with Crippen LogP contribution in [-0.2, 0) is 0 Å². The molecule has 0 spiro atoms. The van der Waals surface area contributed by atoms with Gasteiger partial charge in [-0.15, -0.1) is 5.73 Å². The largest absolute Gasteiger partial charge is 0.111 e. The minimum absolute atomic E-state index is 1.12. The molecule has 0 nitrogen and oxygen atoms in total. The van der Waals surface area contributed by atoms with Crippen LogP contribution in [0.3, 0.4) is 0 Å². The summed E-state index contributed by atoms with van der Waals surface area (Å²) >= 11 is 0. The van der Waals surface area contributed by atoms with E-state index in [4.69, 9.17) is 0 Å². The summed E-state index contributed by atoms with van der Waals surface area (Å²) < 4.78 is 0. The summed E-state index contributed by atoms with van der Waals surface area (Å²) in [5.74, 6) is 0. The molecule has 0 saturated heterocycles. The predicted molar refractivity (Wildman–Crippen MR) is 104 cm³/mol. The van der Waals surface area contributed by atoms with Crippen molar-refractivity contribution in [3.63, 3.8) is 0 Å². The fourth-order valence-electron chi connectivity index (χ4n) is 3.11. The number of benzene rings is 3. The van der Waals surface area contributed by atoms with Gasteiger partial charge in [0.05, 0.1) is 0 Å². The molecular formula is C24H22. The van der Waals surface area contributed by atoms with E-state index < -0.39 is 0 Å². The molecule has 0 radical (unpaired) electrons. The van der Waals surface area contributed by atoms with E-state index in [9.17, 15) is 0 Å². The van der Waals surface area contributed by atoms with Gasteiger partial charge in [-0.2, -0.15) is 0 Å². The highest BCUT2D eigenvalue weighted by Crippen LogP contribution is 2.24. The fourth-order valence-corrected chi connectivity index (χ4v) is 3.11. The van der Waals surface area contributed by atoms with Gasteiger partial charge in [-0.1, -0.05) is 78.4 Å². The molecule has 3 rings (SSSR count). The molecule has 0 unspecified atom stereocenters. The SMILES string of the molecule is Cc1cc(C)c(C=C=C(c2ccccc2)c2ccccc2)c(C)c1. The van der Waals surface area contributed by atoms with Crippen molar-refractivity contribution in [3.05, 3.63) is 112 Å². The van der Waals surface area contributed by atoms with Crippen molar-refractivity contribution in [1.82, 2.24) is 0 Å². The third-order valence-corrected chi connectivity index (χ3v) is 4.22. The van der Waals surface area contributed by atoms with E-state index in [0.717, 1.165) is 5.57 Å². The molecule has 0 aliphatic rings. The van der Waals surface area contributed by atoms with Gasteiger partial charge in [-0.25, -0.2) is 0 Å². The number of aryl methyl sites for hydroxylation is 3. The highest BCUT2D eigenvalue weighted by Gasteiger charge is 2.04. The smallest absolute Gasteiger partial charge is 0.0309 e. The zero-order valence-corrected chi connectivity index (χ0v) is 14.5. The molecule has 0 fully saturated rings. The van der Waals surface area contributed by atoms with Crippen molar-refractivity contribution in [2.45, 2.75) is 20.8 Å². The number of hydrogen-bond acceptors (Lipinski definition) is 0. The Balaban J connectivity index is 2.18. The Bertz CT molecular complexity index is 829. The Morgan fingerprint density at radius 3 is 1.62 bits per heavy atom. The molecule has 0 aromatic heterocycles. The normalized spacial score (nSPS) is 10.1. The summed E-state index contributed by atoms with van der Waals surface area (Å²) in [7, 11) is 0. The first-order valence-electron chi connectivity index (χ1n) is 8.30. The predicted octanol–water partition coefficient (Wildman–Crippen LogP) is 6.36. The molecule has 0 bridgehead atoms. The maximum Gasteiger partial charge on any atom is 0.0309 e. The van der Waals surface area contributed by atoms with Gasteiger partial charge < -0.3 is 0 Å². The van der Waals surface area contributed by atoms with E-state index in [0.29, 0.717) is 0 Å². The van der Waals surface area contributed by atoms with Crippen molar-refractivity contribution in [2.75, 3.05) is 0 Å². The van der Waals surface area contributed by atoms with E-state index in [1.807, 2.05) is 12.1 Å². The van der Waals surface area contributed by atoms with Gasteiger partial charge in [0, 0.05) is 5.57 Å². The third kappa shape index (κ3) is 3.56. The minimum Gasteiger partial charge on any atom is -0.111 e. The van der Waals surface area contributed by atoms with E-state index in [2.05, 4.69) is 93.2 Å². The molecule has 118 valence electrons. The topological polar surface area (TPSA) is 0 Å². The summed E-state index contributed by atoms with van der Waals surface area (Å²) in [6.07, 6.45) is 2.12. The lowest BCUT2D eigenvalue weighted by molar-refractivity contribution is 1.30. The lowest BCUT2D eigenvalue weighted by Gasteiger charge is -2.08. The van der Waals surface area contributed by atoms with E-state index in [1.54, 1.807) is 0 Å². The van der Waals surface area contributed by atoms with Crippen LogP contribution in [0.4, 0.5) is 0 Å². The van der Waals surface area contributed by atoms with Crippen molar-refractivity contribution < 1.29 is 0 Å². The van der Waals surface area contributed by atoms with Gasteiger partial charge in [-0.05, 0) is 54.7 Å². The Labute approximate surface area is 144 Å². The van der Waals surface area contributed by atoms with Crippen LogP contribution in [0.2, 0.25) is 0 Å². The van der Waals surface area contributed by atoms with Gasteiger partial charge in [0.25, 0.3) is 0 Å². The highest BCUT2D eigenvalue weighted by atomic mass is 14.1. The van der Waals surface area contributed by atoms with E-state index in [1.165, 1.54) is 33.4 Å². The van der Waals surface area contributed by atoms with Gasteiger partial charge in [0.15, 0.2) is 0 Å². The molecule has 24 heavy (non-hydrogen) atoms. The molecule has 0 aliphatic carbocycles. The minimum atomic E-state index is 1.12. The van der Waals surface area contributed by atoms with Crippen LogP contribution in [0.15, 0.2) is 78.5 Å². The maximum absolute atomic E-state index is 3.56. The van der Waals surface area contributed by atoms with Crippen LogP contribution in [-0.4, -0.2) is 0 Å². The summed E-state index contributed by atoms with van der Waals surface area (Å²) in [5, 5.41) is 0. The number of hydrogen-bond donors (Lipinski definition) is 0.